The minimum atomic E-state index is -0.361. The lowest BCUT2D eigenvalue weighted by atomic mass is 9.94. The molecule has 2 aromatic heterocycles. The lowest BCUT2D eigenvalue weighted by molar-refractivity contribution is -0.109. The standard InChI is InChI=1S/C28H26BrFN4O3S2.ClH/c1-36-20-3-2-4-21(14-20)39-22-15-26(37-25-6-5-19(30)13-23(25)29)27(31-16-22)33-28-32-24(17-38-28)18-7-9-34(10-8-18)11-12-35;/h2-6,12-18H,7-11H2,1H3,(H,31,32,33);1H. The van der Waals surface area contributed by atoms with Gasteiger partial charge in [-0.25, -0.2) is 14.4 Å². The molecule has 4 aromatic rings. The molecule has 0 radical (unpaired) electrons. The predicted octanol–water partition coefficient (Wildman–Crippen LogP) is 7.94. The monoisotopic (exact) mass is 664 g/mol. The van der Waals surface area contributed by atoms with Crippen molar-refractivity contribution in [1.82, 2.24) is 14.9 Å². The number of nitrogens with zero attached hydrogens (tertiary/aromatic N) is 3. The van der Waals surface area contributed by atoms with Crippen LogP contribution >= 0.6 is 51.4 Å². The van der Waals surface area contributed by atoms with Gasteiger partial charge in [-0.05, 0) is 78.3 Å². The molecule has 0 atom stereocenters. The van der Waals surface area contributed by atoms with Gasteiger partial charge in [0.25, 0.3) is 0 Å². The van der Waals surface area contributed by atoms with E-state index in [0.717, 1.165) is 53.5 Å². The van der Waals surface area contributed by atoms with Crippen molar-refractivity contribution in [2.45, 2.75) is 28.6 Å². The van der Waals surface area contributed by atoms with Gasteiger partial charge < -0.3 is 19.6 Å². The molecule has 1 N–H and O–H groups in total. The second kappa shape index (κ2) is 14.3. The van der Waals surface area contributed by atoms with Gasteiger partial charge in [0.05, 0.1) is 23.8 Å². The predicted molar refractivity (Wildman–Crippen MR) is 163 cm³/mol. The van der Waals surface area contributed by atoms with Crippen molar-refractivity contribution in [2.24, 2.45) is 0 Å². The van der Waals surface area contributed by atoms with Crippen LogP contribution in [-0.2, 0) is 4.79 Å². The summed E-state index contributed by atoms with van der Waals surface area (Å²) in [6, 6.07) is 14.0. The zero-order valence-electron chi connectivity index (χ0n) is 21.5. The van der Waals surface area contributed by atoms with Crippen LogP contribution in [0.4, 0.5) is 15.3 Å². The van der Waals surface area contributed by atoms with E-state index in [1.807, 2.05) is 30.3 Å². The summed E-state index contributed by atoms with van der Waals surface area (Å²) in [5, 5.41) is 6.11. The normalized spacial score (nSPS) is 13.9. The number of rotatable bonds is 10. The molecule has 0 unspecified atom stereocenters. The van der Waals surface area contributed by atoms with Gasteiger partial charge in [-0.2, -0.15) is 0 Å². The fraction of sp³-hybridized carbons (Fsp3) is 0.250. The molecule has 3 heterocycles. The summed E-state index contributed by atoms with van der Waals surface area (Å²) in [5.41, 5.74) is 1.04. The minimum Gasteiger partial charge on any atom is -0.497 e. The number of thiazole rings is 1. The second-order valence-electron chi connectivity index (χ2n) is 8.92. The Kier molecular flexibility index (Phi) is 10.8. The Labute approximate surface area is 255 Å². The first-order valence-electron chi connectivity index (χ1n) is 12.3. The van der Waals surface area contributed by atoms with E-state index in [1.54, 1.807) is 19.4 Å². The number of hydrogen-bond acceptors (Lipinski definition) is 9. The van der Waals surface area contributed by atoms with Crippen LogP contribution in [0.3, 0.4) is 0 Å². The average molecular weight is 666 g/mol. The molecule has 1 fully saturated rings. The van der Waals surface area contributed by atoms with E-state index in [-0.39, 0.29) is 18.2 Å². The number of carbonyl (C=O) groups excluding carboxylic acids is 1. The van der Waals surface area contributed by atoms with Gasteiger partial charge >= 0.3 is 0 Å². The fourth-order valence-corrected chi connectivity index (χ4v) is 6.37. The third-order valence-corrected chi connectivity index (χ3v) is 8.65. The van der Waals surface area contributed by atoms with Crippen LogP contribution in [0.1, 0.15) is 24.5 Å². The molecule has 0 bridgehead atoms. The Bertz CT molecular complexity index is 1450. The summed E-state index contributed by atoms with van der Waals surface area (Å²) in [5.74, 6) is 2.22. The topological polar surface area (TPSA) is 76.6 Å². The van der Waals surface area contributed by atoms with E-state index in [0.29, 0.717) is 39.4 Å². The summed E-state index contributed by atoms with van der Waals surface area (Å²) in [6.07, 6.45) is 4.68. The first-order valence-corrected chi connectivity index (χ1v) is 14.8. The minimum absolute atomic E-state index is 0. The summed E-state index contributed by atoms with van der Waals surface area (Å²) >= 11 is 6.43. The number of methoxy groups -OCH3 is 1. The molecule has 0 aliphatic carbocycles. The quantitative estimate of drug-likeness (QED) is 0.171. The fourth-order valence-electron chi connectivity index (χ4n) is 4.28. The van der Waals surface area contributed by atoms with E-state index in [4.69, 9.17) is 14.5 Å². The summed E-state index contributed by atoms with van der Waals surface area (Å²) in [6.45, 7) is 2.27. The van der Waals surface area contributed by atoms with Crippen LogP contribution in [0, 0.1) is 5.82 Å². The van der Waals surface area contributed by atoms with Crippen LogP contribution in [0.5, 0.6) is 17.2 Å². The van der Waals surface area contributed by atoms with E-state index in [9.17, 15) is 9.18 Å². The zero-order chi connectivity index (χ0) is 27.2. The molecular formula is C28H27BrClFN4O3S2. The van der Waals surface area contributed by atoms with Gasteiger partial charge in [-0.3, -0.25) is 4.90 Å². The van der Waals surface area contributed by atoms with Gasteiger partial charge in [0.15, 0.2) is 16.7 Å². The van der Waals surface area contributed by atoms with Crippen LogP contribution in [-0.4, -0.2) is 47.9 Å². The lowest BCUT2D eigenvalue weighted by Crippen LogP contribution is -2.34. The Hall–Kier alpha value is -2.70. The molecule has 1 aliphatic rings. The maximum absolute atomic E-state index is 13.7. The highest BCUT2D eigenvalue weighted by Crippen LogP contribution is 2.39. The number of ether oxygens (including phenoxy) is 2. The molecule has 0 spiro atoms. The van der Waals surface area contributed by atoms with E-state index < -0.39 is 0 Å². The summed E-state index contributed by atoms with van der Waals surface area (Å²) in [7, 11) is 1.64. The second-order valence-corrected chi connectivity index (χ2v) is 11.8. The lowest BCUT2D eigenvalue weighted by Gasteiger charge is -2.29. The Balaban J connectivity index is 0.00000370. The van der Waals surface area contributed by atoms with Gasteiger partial charge in [-0.15, -0.1) is 23.7 Å². The largest absolute Gasteiger partial charge is 0.497 e. The third kappa shape index (κ3) is 7.73. The van der Waals surface area contributed by atoms with Crippen molar-refractivity contribution in [2.75, 3.05) is 32.1 Å². The molecule has 5 rings (SSSR count). The summed E-state index contributed by atoms with van der Waals surface area (Å²) < 4.78 is 25.7. The highest BCUT2D eigenvalue weighted by Gasteiger charge is 2.23. The van der Waals surface area contributed by atoms with Crippen molar-refractivity contribution in [1.29, 1.82) is 0 Å². The number of aromatic nitrogens is 2. The van der Waals surface area contributed by atoms with Crippen LogP contribution in [0.15, 0.2) is 74.4 Å². The number of likely N-dealkylation sites (tertiary alicyclic amines) is 1. The maximum Gasteiger partial charge on any atom is 0.188 e. The maximum atomic E-state index is 13.7. The average Bonchev–Trinajstić information content (AvgIpc) is 3.41. The highest BCUT2D eigenvalue weighted by molar-refractivity contribution is 9.10. The molecule has 210 valence electrons. The van der Waals surface area contributed by atoms with Crippen molar-refractivity contribution in [3.8, 4) is 17.2 Å². The number of pyridine rings is 1. The van der Waals surface area contributed by atoms with Gasteiger partial charge in [-0.1, -0.05) is 17.8 Å². The number of benzene rings is 2. The van der Waals surface area contributed by atoms with Crippen LogP contribution < -0.4 is 14.8 Å². The molecule has 1 aliphatic heterocycles. The zero-order valence-corrected chi connectivity index (χ0v) is 25.5. The number of halogens is 3. The molecule has 12 heteroatoms. The highest BCUT2D eigenvalue weighted by atomic mass is 79.9. The summed E-state index contributed by atoms with van der Waals surface area (Å²) in [4.78, 5) is 24.3. The van der Waals surface area contributed by atoms with Gasteiger partial charge in [0, 0.05) is 33.4 Å². The van der Waals surface area contributed by atoms with E-state index in [1.165, 1.54) is 35.2 Å². The molecule has 2 aromatic carbocycles. The Morgan fingerprint density at radius 1 is 1.18 bits per heavy atom. The molecule has 40 heavy (non-hydrogen) atoms. The Morgan fingerprint density at radius 2 is 2.00 bits per heavy atom. The number of anilines is 2. The van der Waals surface area contributed by atoms with Crippen LogP contribution in [0.2, 0.25) is 0 Å². The van der Waals surface area contributed by atoms with Gasteiger partial charge in [0.2, 0.25) is 0 Å². The van der Waals surface area contributed by atoms with Crippen molar-refractivity contribution in [3.05, 3.63) is 76.1 Å². The van der Waals surface area contributed by atoms with Crippen LogP contribution in [0.25, 0.3) is 0 Å². The molecule has 7 nitrogen and oxygen atoms in total. The molecule has 1 saturated heterocycles. The van der Waals surface area contributed by atoms with E-state index in [2.05, 4.69) is 36.5 Å². The smallest absolute Gasteiger partial charge is 0.188 e. The van der Waals surface area contributed by atoms with Crippen molar-refractivity contribution < 1.29 is 18.7 Å². The first-order chi connectivity index (χ1) is 19.0. The molecule has 0 amide bonds. The number of aldehydes is 1. The number of piperidine rings is 1. The Morgan fingerprint density at radius 3 is 2.75 bits per heavy atom. The molecule has 0 saturated carbocycles. The number of nitrogens with one attached hydrogen (secondary N) is 1. The van der Waals surface area contributed by atoms with Crippen molar-refractivity contribution >= 4 is 68.7 Å². The number of hydrogen-bond donors (Lipinski definition) is 1. The number of carbonyl (C=O) groups is 1. The third-order valence-electron chi connectivity index (χ3n) is 6.30. The first kappa shape index (κ1) is 30.3. The van der Waals surface area contributed by atoms with Crippen molar-refractivity contribution in [3.63, 3.8) is 0 Å². The van der Waals surface area contributed by atoms with Gasteiger partial charge in [0.1, 0.15) is 23.6 Å². The van der Waals surface area contributed by atoms with E-state index >= 15 is 0 Å². The molecular weight excluding hydrogens is 639 g/mol. The SMILES string of the molecule is COc1cccc(Sc2cnc(Nc3nc(C4CCN(CC=O)CC4)cs3)c(Oc3ccc(F)cc3Br)c2)c1.Cl.